The van der Waals surface area contributed by atoms with E-state index in [0.717, 1.165) is 12.8 Å². The predicted octanol–water partition coefficient (Wildman–Crippen LogP) is 6.53. The van der Waals surface area contributed by atoms with Gasteiger partial charge in [0.25, 0.3) is 0 Å². The molecular weight excluding hydrogens is 232 g/mol. The highest BCUT2D eigenvalue weighted by atomic mass is 16.2. The summed E-state index contributed by atoms with van der Waals surface area (Å²) < 4.78 is 0. The largest absolute Gasteiger partial charge is 0.237 e. The Labute approximate surface area is 122 Å². The molecule has 1 heteroatoms. The van der Waals surface area contributed by atoms with Crippen molar-refractivity contribution in [3.05, 3.63) is 0 Å². The van der Waals surface area contributed by atoms with Crippen LogP contribution in [0.1, 0.15) is 104 Å². The third-order valence-corrected chi connectivity index (χ3v) is 3.82. The fraction of sp³-hybridized carbons (Fsp3) is 1.00. The van der Waals surface area contributed by atoms with Crippen molar-refractivity contribution in [2.75, 3.05) is 6.61 Å². The van der Waals surface area contributed by atoms with Crippen molar-refractivity contribution < 1.29 is 5.11 Å². The average Bonchev–Trinajstić information content (AvgIpc) is 2.34. The van der Waals surface area contributed by atoms with E-state index >= 15 is 0 Å². The van der Waals surface area contributed by atoms with E-state index in [-0.39, 0.29) is 6.61 Å². The minimum Gasteiger partial charge on any atom is -0.237 e. The van der Waals surface area contributed by atoms with Crippen LogP contribution in [0, 0.1) is 5.41 Å². The molecule has 0 spiro atoms. The van der Waals surface area contributed by atoms with Gasteiger partial charge in [-0.2, -0.15) is 0 Å². The molecule has 0 aromatic heterocycles. The summed E-state index contributed by atoms with van der Waals surface area (Å²) in [6, 6.07) is 0. The highest BCUT2D eigenvalue weighted by Gasteiger charge is 2.08. The average molecular weight is 269 g/mol. The number of hydrogen-bond donors (Lipinski definition) is 0. The fourth-order valence-electron chi connectivity index (χ4n) is 2.53. The van der Waals surface area contributed by atoms with Crippen LogP contribution in [0.25, 0.3) is 0 Å². The second kappa shape index (κ2) is 13.0. The molecule has 0 aromatic carbocycles. The molecule has 115 valence electrons. The molecule has 19 heavy (non-hydrogen) atoms. The lowest BCUT2D eigenvalue weighted by Gasteiger charge is -2.17. The van der Waals surface area contributed by atoms with Gasteiger partial charge in [-0.3, -0.25) is 0 Å². The molecule has 1 nitrogen and oxygen atoms in total. The van der Waals surface area contributed by atoms with Crippen LogP contribution in [0.3, 0.4) is 0 Å². The standard InChI is InChI=1S/C18H37O/c1-18(2,3)16-14-12-10-8-6-4-5-7-9-11-13-15-17-19/h4-17H2,1-3H3. The van der Waals surface area contributed by atoms with Crippen molar-refractivity contribution in [1.29, 1.82) is 0 Å². The second-order valence-electron chi connectivity index (χ2n) is 7.26. The van der Waals surface area contributed by atoms with E-state index in [9.17, 15) is 5.11 Å². The molecule has 0 amide bonds. The molecule has 0 heterocycles. The lowest BCUT2D eigenvalue weighted by atomic mass is 9.89. The molecule has 0 fully saturated rings. The summed E-state index contributed by atoms with van der Waals surface area (Å²) in [6.07, 6.45) is 17.3. The van der Waals surface area contributed by atoms with Gasteiger partial charge in [0.1, 0.15) is 0 Å². The third kappa shape index (κ3) is 18.0. The van der Waals surface area contributed by atoms with Crippen LogP contribution >= 0.6 is 0 Å². The molecule has 0 aliphatic rings. The van der Waals surface area contributed by atoms with Crippen LogP contribution < -0.4 is 0 Å². The van der Waals surface area contributed by atoms with Crippen LogP contribution in [0.15, 0.2) is 0 Å². The lowest BCUT2D eigenvalue weighted by Crippen LogP contribution is -2.03. The first kappa shape index (κ1) is 19.0. The Hall–Kier alpha value is -0.0400. The zero-order valence-corrected chi connectivity index (χ0v) is 13.8. The second-order valence-corrected chi connectivity index (χ2v) is 7.26. The molecule has 0 rings (SSSR count). The van der Waals surface area contributed by atoms with E-state index in [2.05, 4.69) is 20.8 Å². The van der Waals surface area contributed by atoms with Crippen LogP contribution in [0.2, 0.25) is 0 Å². The third-order valence-electron chi connectivity index (χ3n) is 3.82. The Kier molecular flexibility index (Phi) is 12.9. The minimum atomic E-state index is 0.120. The van der Waals surface area contributed by atoms with Gasteiger partial charge in [-0.1, -0.05) is 91.4 Å². The van der Waals surface area contributed by atoms with Gasteiger partial charge in [0.2, 0.25) is 0 Å². The number of rotatable bonds is 13. The van der Waals surface area contributed by atoms with Crippen LogP contribution in [-0.2, 0) is 5.11 Å². The first-order chi connectivity index (χ1) is 9.06. The van der Waals surface area contributed by atoms with Crippen molar-refractivity contribution in [1.82, 2.24) is 0 Å². The van der Waals surface area contributed by atoms with Crippen molar-refractivity contribution in [2.45, 2.75) is 104 Å². The van der Waals surface area contributed by atoms with Gasteiger partial charge >= 0.3 is 0 Å². The van der Waals surface area contributed by atoms with Gasteiger partial charge in [0.15, 0.2) is 0 Å². The monoisotopic (exact) mass is 269 g/mol. The molecule has 0 aliphatic carbocycles. The Morgan fingerprint density at radius 2 is 0.842 bits per heavy atom. The van der Waals surface area contributed by atoms with Gasteiger partial charge in [0.05, 0.1) is 6.61 Å². The van der Waals surface area contributed by atoms with Crippen LogP contribution in [0.4, 0.5) is 0 Å². The Morgan fingerprint density at radius 1 is 0.526 bits per heavy atom. The summed E-state index contributed by atoms with van der Waals surface area (Å²) in [4.78, 5) is 0. The van der Waals surface area contributed by atoms with Crippen LogP contribution in [-0.4, -0.2) is 6.61 Å². The minimum absolute atomic E-state index is 0.120. The van der Waals surface area contributed by atoms with E-state index in [1.807, 2.05) is 0 Å². The lowest BCUT2D eigenvalue weighted by molar-refractivity contribution is 0.186. The summed E-state index contributed by atoms with van der Waals surface area (Å²) in [7, 11) is 0. The summed E-state index contributed by atoms with van der Waals surface area (Å²) in [5.41, 5.74) is 0.520. The molecule has 0 aromatic rings. The van der Waals surface area contributed by atoms with Crippen molar-refractivity contribution >= 4 is 0 Å². The molecule has 0 N–H and O–H groups in total. The molecule has 1 radical (unpaired) electrons. The van der Waals surface area contributed by atoms with Gasteiger partial charge in [-0.15, -0.1) is 0 Å². The van der Waals surface area contributed by atoms with Crippen molar-refractivity contribution in [2.24, 2.45) is 5.41 Å². The van der Waals surface area contributed by atoms with E-state index in [4.69, 9.17) is 0 Å². The zero-order chi connectivity index (χ0) is 14.4. The Bertz CT molecular complexity index is 169. The Morgan fingerprint density at radius 3 is 1.16 bits per heavy atom. The SMILES string of the molecule is CC(C)(C)CCCCCCCCCCCCCC[O]. The van der Waals surface area contributed by atoms with Gasteiger partial charge in [0, 0.05) is 0 Å². The first-order valence-electron chi connectivity index (χ1n) is 8.64. The highest BCUT2D eigenvalue weighted by molar-refractivity contribution is 4.61. The molecule has 0 unspecified atom stereocenters. The van der Waals surface area contributed by atoms with E-state index in [1.165, 1.54) is 70.6 Å². The summed E-state index contributed by atoms with van der Waals surface area (Å²) in [5, 5.41) is 10.3. The molecule has 0 atom stereocenters. The maximum atomic E-state index is 10.3. The normalized spacial score (nSPS) is 12.0. The summed E-state index contributed by atoms with van der Waals surface area (Å²) in [6.45, 7) is 7.13. The smallest absolute Gasteiger partial charge is 0.0822 e. The van der Waals surface area contributed by atoms with Gasteiger partial charge in [-0.25, -0.2) is 5.11 Å². The highest BCUT2D eigenvalue weighted by Crippen LogP contribution is 2.22. The van der Waals surface area contributed by atoms with E-state index in [0.29, 0.717) is 5.41 Å². The summed E-state index contributed by atoms with van der Waals surface area (Å²) in [5.74, 6) is 0. The predicted molar refractivity (Wildman–Crippen MR) is 85.0 cm³/mol. The van der Waals surface area contributed by atoms with E-state index in [1.54, 1.807) is 0 Å². The van der Waals surface area contributed by atoms with Gasteiger partial charge < -0.3 is 0 Å². The molecule has 0 aliphatic heterocycles. The first-order valence-corrected chi connectivity index (χ1v) is 8.64. The molecule has 0 saturated carbocycles. The van der Waals surface area contributed by atoms with Gasteiger partial charge in [-0.05, 0) is 18.3 Å². The Balaban J connectivity index is 2.99. The molecular formula is C18H37O. The molecule has 0 saturated heterocycles. The summed E-state index contributed by atoms with van der Waals surface area (Å²) >= 11 is 0. The number of hydrogen-bond acceptors (Lipinski definition) is 0. The topological polar surface area (TPSA) is 19.9 Å². The van der Waals surface area contributed by atoms with Crippen molar-refractivity contribution in [3.8, 4) is 0 Å². The number of unbranched alkanes of at least 4 members (excludes halogenated alkanes) is 11. The van der Waals surface area contributed by atoms with Crippen LogP contribution in [0.5, 0.6) is 0 Å². The zero-order valence-electron chi connectivity index (χ0n) is 13.8. The maximum Gasteiger partial charge on any atom is 0.0822 e. The maximum absolute atomic E-state index is 10.3. The van der Waals surface area contributed by atoms with Crippen molar-refractivity contribution in [3.63, 3.8) is 0 Å². The van der Waals surface area contributed by atoms with E-state index < -0.39 is 0 Å². The fourth-order valence-corrected chi connectivity index (χ4v) is 2.53. The molecule has 0 bridgehead atoms. The quantitative estimate of drug-likeness (QED) is 0.338.